The first kappa shape index (κ1) is 24.3. The molecule has 1 aromatic heterocycles. The highest BCUT2D eigenvalue weighted by molar-refractivity contribution is 7.80. The molecule has 1 amide bonds. The van der Waals surface area contributed by atoms with Crippen molar-refractivity contribution in [1.82, 2.24) is 20.6 Å². The number of carbonyl (C=O) groups excluding carboxylic acids is 1. The topological polar surface area (TPSA) is 92.2 Å². The number of aryl methyl sites for hydroxylation is 1. The smallest absolute Gasteiger partial charge is 0.410 e. The summed E-state index contributed by atoms with van der Waals surface area (Å²) in [4.78, 5) is 12.8. The Morgan fingerprint density at radius 2 is 1.94 bits per heavy atom. The lowest BCUT2D eigenvalue weighted by molar-refractivity contribution is -0.173. The van der Waals surface area contributed by atoms with Crippen molar-refractivity contribution in [3.05, 3.63) is 71.4 Å². The normalized spacial score (nSPS) is 17.1. The van der Waals surface area contributed by atoms with Gasteiger partial charge >= 0.3 is 6.18 Å². The lowest BCUT2D eigenvalue weighted by Crippen LogP contribution is -2.44. The molecule has 0 aliphatic carbocycles. The van der Waals surface area contributed by atoms with E-state index in [-0.39, 0.29) is 22.9 Å². The molecule has 0 saturated heterocycles. The second-order valence-electron chi connectivity index (χ2n) is 8.02. The van der Waals surface area contributed by atoms with Crippen LogP contribution < -0.4 is 26.2 Å². The molecule has 0 fully saturated rings. The summed E-state index contributed by atoms with van der Waals surface area (Å²) in [6.45, 7) is 1.92. The molecule has 35 heavy (non-hydrogen) atoms. The Morgan fingerprint density at radius 1 is 1.20 bits per heavy atom. The summed E-state index contributed by atoms with van der Waals surface area (Å²) in [5.74, 6) is -0.136. The molecule has 0 saturated carbocycles. The Morgan fingerprint density at radius 3 is 2.60 bits per heavy atom. The van der Waals surface area contributed by atoms with E-state index in [0.717, 1.165) is 22.1 Å². The Bertz CT molecular complexity index is 1230. The molecule has 8 nitrogen and oxygen atoms in total. The Kier molecular flexibility index (Phi) is 6.83. The number of hydrogen-bond donors (Lipinski definition) is 4. The minimum Gasteiger partial charge on any atom is -0.497 e. The predicted molar refractivity (Wildman–Crippen MR) is 129 cm³/mol. The highest BCUT2D eigenvalue weighted by Gasteiger charge is 2.47. The first-order valence-corrected chi connectivity index (χ1v) is 11.0. The molecule has 12 heteroatoms. The molecule has 0 radical (unpaired) electrons. The molecule has 1 aliphatic heterocycles. The summed E-state index contributed by atoms with van der Waals surface area (Å²) < 4.78 is 47.6. The van der Waals surface area contributed by atoms with Crippen LogP contribution in [0.4, 0.5) is 24.7 Å². The number of nitrogens with zero attached hydrogens (tertiary/aromatic N) is 2. The van der Waals surface area contributed by atoms with E-state index < -0.39 is 24.2 Å². The number of carbonyl (C=O) groups is 1. The van der Waals surface area contributed by atoms with Gasteiger partial charge in [0.1, 0.15) is 17.1 Å². The molecule has 0 spiro atoms. The maximum atomic E-state index is 13.9. The summed E-state index contributed by atoms with van der Waals surface area (Å²) in [5, 5.41) is 9.94. The van der Waals surface area contributed by atoms with Gasteiger partial charge < -0.3 is 15.4 Å². The summed E-state index contributed by atoms with van der Waals surface area (Å²) in [6.07, 6.45) is -3.74. The van der Waals surface area contributed by atoms with E-state index in [9.17, 15) is 18.0 Å². The molecule has 4 rings (SSSR count). The predicted octanol–water partition coefficient (Wildman–Crippen LogP) is 4.49. The van der Waals surface area contributed by atoms with Gasteiger partial charge in [-0.1, -0.05) is 24.3 Å². The van der Waals surface area contributed by atoms with E-state index >= 15 is 0 Å². The van der Waals surface area contributed by atoms with Gasteiger partial charge in [0, 0.05) is 12.1 Å². The van der Waals surface area contributed by atoms with Crippen molar-refractivity contribution in [1.29, 1.82) is 0 Å². The van der Waals surface area contributed by atoms with E-state index in [2.05, 4.69) is 26.6 Å². The van der Waals surface area contributed by atoms with Crippen molar-refractivity contribution in [2.75, 3.05) is 17.7 Å². The molecule has 0 bridgehead atoms. The monoisotopic (exact) mass is 504 g/mol. The second-order valence-corrected chi connectivity index (χ2v) is 8.43. The van der Waals surface area contributed by atoms with Gasteiger partial charge in [0.05, 0.1) is 19.3 Å². The van der Waals surface area contributed by atoms with Gasteiger partial charge in [-0.15, -0.1) is 0 Å². The highest BCUT2D eigenvalue weighted by atomic mass is 32.1. The number of hydrazine groups is 1. The number of anilines is 2. The van der Waals surface area contributed by atoms with Crippen LogP contribution in [0.3, 0.4) is 0 Å². The first-order chi connectivity index (χ1) is 16.7. The van der Waals surface area contributed by atoms with Crippen LogP contribution in [0.25, 0.3) is 0 Å². The summed E-state index contributed by atoms with van der Waals surface area (Å²) in [7, 11) is 1.51. The number of aromatic nitrogens is 2. The molecular weight excluding hydrogens is 481 g/mol. The SMILES string of the molecule is COc1ccc([C@@H]2C[C@@H](C(F)(F)F)n3ncc(C(=O)NNC(=S)Nc4cccc(C)c4)c3N2)cc1. The van der Waals surface area contributed by atoms with Crippen molar-refractivity contribution >= 4 is 34.7 Å². The fraction of sp³-hybridized carbons (Fsp3) is 0.261. The van der Waals surface area contributed by atoms with Crippen molar-refractivity contribution in [2.24, 2.45) is 0 Å². The van der Waals surface area contributed by atoms with E-state index in [1.165, 1.54) is 7.11 Å². The van der Waals surface area contributed by atoms with E-state index in [4.69, 9.17) is 17.0 Å². The third-order valence-corrected chi connectivity index (χ3v) is 5.77. The summed E-state index contributed by atoms with van der Waals surface area (Å²) in [6, 6.07) is 11.6. The Hall–Kier alpha value is -3.80. The molecule has 2 aromatic carbocycles. The standard InChI is InChI=1S/C23H23F3N6O2S/c1-13-4-3-5-15(10-13)28-22(35)31-30-21(33)17-12-27-32-19(23(24,25)26)11-18(29-20(17)32)14-6-8-16(34-2)9-7-14/h3-10,12,18-19,29H,11H2,1-2H3,(H,30,33)(H2,28,31,35)/t18-,19-/m0/s1. The zero-order chi connectivity index (χ0) is 25.2. The second kappa shape index (κ2) is 9.82. The Balaban J connectivity index is 1.51. The van der Waals surface area contributed by atoms with Crippen LogP contribution in [0.15, 0.2) is 54.7 Å². The largest absolute Gasteiger partial charge is 0.497 e. The van der Waals surface area contributed by atoms with Crippen LogP contribution in [0.5, 0.6) is 5.75 Å². The number of nitrogens with one attached hydrogen (secondary N) is 4. The van der Waals surface area contributed by atoms with Crippen LogP contribution >= 0.6 is 12.2 Å². The number of alkyl halides is 3. The zero-order valence-electron chi connectivity index (χ0n) is 18.8. The summed E-state index contributed by atoms with van der Waals surface area (Å²) in [5.41, 5.74) is 7.28. The van der Waals surface area contributed by atoms with Gasteiger partial charge in [-0.3, -0.25) is 15.6 Å². The van der Waals surface area contributed by atoms with E-state index in [0.29, 0.717) is 11.3 Å². The number of hydrogen-bond acceptors (Lipinski definition) is 5. The van der Waals surface area contributed by atoms with Crippen LogP contribution in [-0.2, 0) is 0 Å². The van der Waals surface area contributed by atoms with Crippen molar-refractivity contribution in [3.63, 3.8) is 0 Å². The molecule has 2 atom stereocenters. The van der Waals surface area contributed by atoms with Gasteiger partial charge in [-0.05, 0) is 54.5 Å². The van der Waals surface area contributed by atoms with Gasteiger partial charge in [0.2, 0.25) is 0 Å². The van der Waals surface area contributed by atoms with E-state index in [1.54, 1.807) is 30.3 Å². The number of halogens is 3. The number of amides is 1. The van der Waals surface area contributed by atoms with Gasteiger partial charge in [0.25, 0.3) is 5.91 Å². The molecule has 4 N–H and O–H groups in total. The molecule has 2 heterocycles. The summed E-state index contributed by atoms with van der Waals surface area (Å²) >= 11 is 5.19. The third kappa shape index (κ3) is 5.48. The molecule has 184 valence electrons. The van der Waals surface area contributed by atoms with E-state index in [1.807, 2.05) is 25.1 Å². The quantitative estimate of drug-likeness (QED) is 0.307. The average molecular weight is 505 g/mol. The van der Waals surface area contributed by atoms with Crippen molar-refractivity contribution < 1.29 is 22.7 Å². The van der Waals surface area contributed by atoms with Crippen LogP contribution in [0, 0.1) is 6.92 Å². The average Bonchev–Trinajstić information content (AvgIpc) is 3.25. The van der Waals surface area contributed by atoms with Crippen LogP contribution in [-0.4, -0.2) is 34.1 Å². The number of fused-ring (bicyclic) bond motifs is 1. The Labute approximate surface area is 204 Å². The minimum absolute atomic E-state index is 0.0312. The van der Waals surface area contributed by atoms with Crippen LogP contribution in [0.1, 0.15) is 40.0 Å². The highest BCUT2D eigenvalue weighted by Crippen LogP contribution is 2.44. The lowest BCUT2D eigenvalue weighted by atomic mass is 9.96. The van der Waals surface area contributed by atoms with Crippen LogP contribution in [0.2, 0.25) is 0 Å². The zero-order valence-corrected chi connectivity index (χ0v) is 19.6. The first-order valence-electron chi connectivity index (χ1n) is 10.6. The molecule has 1 aliphatic rings. The number of benzene rings is 2. The third-order valence-electron chi connectivity index (χ3n) is 5.57. The number of thiocarbonyl (C=S) groups is 1. The van der Waals surface area contributed by atoms with Gasteiger partial charge in [-0.25, -0.2) is 4.68 Å². The molecular formula is C23H23F3N6O2S. The molecule has 3 aromatic rings. The number of rotatable bonds is 4. The molecule has 0 unspecified atom stereocenters. The number of methoxy groups -OCH3 is 1. The lowest BCUT2D eigenvalue weighted by Gasteiger charge is -2.34. The van der Waals surface area contributed by atoms with Gasteiger partial charge in [0.15, 0.2) is 11.2 Å². The van der Waals surface area contributed by atoms with Crippen molar-refractivity contribution in [3.8, 4) is 5.75 Å². The maximum absolute atomic E-state index is 13.9. The van der Waals surface area contributed by atoms with Gasteiger partial charge in [-0.2, -0.15) is 18.3 Å². The fourth-order valence-electron chi connectivity index (χ4n) is 3.85. The number of ether oxygens (including phenoxy) is 1. The minimum atomic E-state index is -4.56. The maximum Gasteiger partial charge on any atom is 0.410 e. The fourth-order valence-corrected chi connectivity index (χ4v) is 4.02. The van der Waals surface area contributed by atoms with Crippen molar-refractivity contribution in [2.45, 2.75) is 31.6 Å².